The second-order valence-electron chi connectivity index (χ2n) is 5.77. The Bertz CT molecular complexity index is 569. The van der Waals surface area contributed by atoms with E-state index in [9.17, 15) is 0 Å². The van der Waals surface area contributed by atoms with Gasteiger partial charge in [0.25, 0.3) is 0 Å². The highest BCUT2D eigenvalue weighted by molar-refractivity contribution is 5.33. The van der Waals surface area contributed by atoms with Gasteiger partial charge in [-0.2, -0.15) is 0 Å². The first-order chi connectivity index (χ1) is 9.99. The van der Waals surface area contributed by atoms with E-state index in [1.165, 1.54) is 16.7 Å². The molecule has 0 aromatic heterocycles. The standard InChI is InChI=1S/C19H25NO/c1-5-16-6-8-17(9-7-16)19(20)15(4)21-18-11-13(2)10-14(3)12-18/h6-12,15,19H,5,20H2,1-4H3. The lowest BCUT2D eigenvalue weighted by atomic mass is 10.0. The van der Waals surface area contributed by atoms with Gasteiger partial charge in [-0.15, -0.1) is 0 Å². The summed E-state index contributed by atoms with van der Waals surface area (Å²) in [5.74, 6) is 0.889. The molecule has 0 fully saturated rings. The van der Waals surface area contributed by atoms with Crippen LogP contribution in [0.1, 0.15) is 42.1 Å². The van der Waals surface area contributed by atoms with E-state index in [0.29, 0.717) is 0 Å². The Morgan fingerprint density at radius 3 is 2.10 bits per heavy atom. The molecule has 2 aromatic carbocycles. The summed E-state index contributed by atoms with van der Waals surface area (Å²) in [7, 11) is 0. The topological polar surface area (TPSA) is 35.2 Å². The summed E-state index contributed by atoms with van der Waals surface area (Å²) in [5.41, 5.74) is 11.2. The second kappa shape index (κ2) is 6.77. The van der Waals surface area contributed by atoms with Crippen LogP contribution >= 0.6 is 0 Å². The molecule has 0 aliphatic heterocycles. The van der Waals surface area contributed by atoms with Crippen LogP contribution in [-0.2, 0) is 6.42 Å². The van der Waals surface area contributed by atoms with Gasteiger partial charge in [-0.05, 0) is 61.6 Å². The molecule has 21 heavy (non-hydrogen) atoms. The summed E-state index contributed by atoms with van der Waals surface area (Å²) in [6.45, 7) is 8.33. The van der Waals surface area contributed by atoms with Crippen molar-refractivity contribution in [2.75, 3.05) is 0 Å². The molecular formula is C19H25NO. The van der Waals surface area contributed by atoms with Crippen molar-refractivity contribution in [3.05, 3.63) is 64.7 Å². The van der Waals surface area contributed by atoms with Crippen molar-refractivity contribution < 1.29 is 4.74 Å². The number of hydrogen-bond donors (Lipinski definition) is 1. The van der Waals surface area contributed by atoms with Crippen LogP contribution in [0.3, 0.4) is 0 Å². The van der Waals surface area contributed by atoms with E-state index in [0.717, 1.165) is 17.7 Å². The first-order valence-corrected chi connectivity index (χ1v) is 7.59. The smallest absolute Gasteiger partial charge is 0.120 e. The van der Waals surface area contributed by atoms with Gasteiger partial charge in [0.15, 0.2) is 0 Å². The van der Waals surface area contributed by atoms with Crippen molar-refractivity contribution in [3.8, 4) is 5.75 Å². The number of hydrogen-bond acceptors (Lipinski definition) is 2. The Kier molecular flexibility index (Phi) is 5.03. The minimum Gasteiger partial charge on any atom is -0.489 e. The van der Waals surface area contributed by atoms with Gasteiger partial charge in [-0.3, -0.25) is 0 Å². The molecule has 0 radical (unpaired) electrons. The Morgan fingerprint density at radius 2 is 1.57 bits per heavy atom. The maximum Gasteiger partial charge on any atom is 0.120 e. The Labute approximate surface area is 127 Å². The van der Waals surface area contributed by atoms with E-state index in [1.807, 2.05) is 6.92 Å². The van der Waals surface area contributed by atoms with Gasteiger partial charge < -0.3 is 10.5 Å². The van der Waals surface area contributed by atoms with Crippen LogP contribution in [0.4, 0.5) is 0 Å². The van der Waals surface area contributed by atoms with Gasteiger partial charge in [0.2, 0.25) is 0 Å². The molecule has 112 valence electrons. The third kappa shape index (κ3) is 4.08. The molecule has 2 atom stereocenters. The molecule has 0 saturated carbocycles. The average molecular weight is 283 g/mol. The van der Waals surface area contributed by atoms with Gasteiger partial charge in [-0.25, -0.2) is 0 Å². The Morgan fingerprint density at radius 1 is 1.00 bits per heavy atom. The molecule has 2 unspecified atom stereocenters. The summed E-state index contributed by atoms with van der Waals surface area (Å²) in [5, 5.41) is 0. The lowest BCUT2D eigenvalue weighted by Gasteiger charge is -2.22. The van der Waals surface area contributed by atoms with Crippen molar-refractivity contribution in [1.29, 1.82) is 0 Å². The van der Waals surface area contributed by atoms with Gasteiger partial charge >= 0.3 is 0 Å². The number of benzene rings is 2. The monoisotopic (exact) mass is 283 g/mol. The predicted molar refractivity (Wildman–Crippen MR) is 88.8 cm³/mol. The van der Waals surface area contributed by atoms with E-state index in [2.05, 4.69) is 63.2 Å². The predicted octanol–water partition coefficient (Wildman–Crippen LogP) is 4.33. The minimum absolute atomic E-state index is 0.0707. The third-order valence-electron chi connectivity index (χ3n) is 3.80. The van der Waals surface area contributed by atoms with Crippen LogP contribution < -0.4 is 10.5 Å². The summed E-state index contributed by atoms with van der Waals surface area (Å²) >= 11 is 0. The summed E-state index contributed by atoms with van der Waals surface area (Å²) in [6, 6.07) is 14.6. The number of ether oxygens (including phenoxy) is 1. The molecular weight excluding hydrogens is 258 g/mol. The van der Waals surface area contributed by atoms with Crippen molar-refractivity contribution >= 4 is 0 Å². The lowest BCUT2D eigenvalue weighted by Crippen LogP contribution is -2.28. The van der Waals surface area contributed by atoms with Crippen molar-refractivity contribution in [2.24, 2.45) is 5.73 Å². The molecule has 2 nitrogen and oxygen atoms in total. The summed E-state index contributed by atoms with van der Waals surface area (Å²) in [6.07, 6.45) is 0.975. The fourth-order valence-corrected chi connectivity index (χ4v) is 2.54. The molecule has 0 saturated heterocycles. The van der Waals surface area contributed by atoms with E-state index < -0.39 is 0 Å². The minimum atomic E-state index is -0.128. The van der Waals surface area contributed by atoms with Crippen LogP contribution in [0.25, 0.3) is 0 Å². The van der Waals surface area contributed by atoms with Crippen LogP contribution in [0, 0.1) is 13.8 Å². The molecule has 0 amide bonds. The Hall–Kier alpha value is -1.80. The molecule has 0 heterocycles. The van der Waals surface area contributed by atoms with Gasteiger partial charge in [0, 0.05) is 0 Å². The maximum atomic E-state index is 6.33. The van der Waals surface area contributed by atoms with Gasteiger partial charge in [0.05, 0.1) is 6.04 Å². The van der Waals surface area contributed by atoms with E-state index in [1.54, 1.807) is 0 Å². The van der Waals surface area contributed by atoms with Crippen molar-refractivity contribution in [3.63, 3.8) is 0 Å². The SMILES string of the molecule is CCc1ccc(C(N)C(C)Oc2cc(C)cc(C)c2)cc1. The van der Waals surface area contributed by atoms with Gasteiger partial charge in [-0.1, -0.05) is 37.3 Å². The van der Waals surface area contributed by atoms with Crippen LogP contribution in [0.2, 0.25) is 0 Å². The largest absolute Gasteiger partial charge is 0.489 e. The third-order valence-corrected chi connectivity index (χ3v) is 3.80. The zero-order valence-corrected chi connectivity index (χ0v) is 13.4. The summed E-state index contributed by atoms with van der Waals surface area (Å²) in [4.78, 5) is 0. The lowest BCUT2D eigenvalue weighted by molar-refractivity contribution is 0.190. The quantitative estimate of drug-likeness (QED) is 0.886. The number of rotatable bonds is 5. The average Bonchev–Trinajstić information content (AvgIpc) is 2.45. The molecule has 2 aromatic rings. The molecule has 0 aliphatic carbocycles. The van der Waals surface area contributed by atoms with Crippen LogP contribution in [0.15, 0.2) is 42.5 Å². The fourth-order valence-electron chi connectivity index (χ4n) is 2.54. The van der Waals surface area contributed by atoms with Crippen molar-refractivity contribution in [1.82, 2.24) is 0 Å². The van der Waals surface area contributed by atoms with E-state index >= 15 is 0 Å². The maximum absolute atomic E-state index is 6.33. The highest BCUT2D eigenvalue weighted by atomic mass is 16.5. The van der Waals surface area contributed by atoms with E-state index in [-0.39, 0.29) is 12.1 Å². The van der Waals surface area contributed by atoms with Crippen molar-refractivity contribution in [2.45, 2.75) is 46.3 Å². The molecule has 2 heteroatoms. The van der Waals surface area contributed by atoms with E-state index in [4.69, 9.17) is 10.5 Å². The zero-order chi connectivity index (χ0) is 15.4. The molecule has 2 rings (SSSR count). The van der Waals surface area contributed by atoms with Gasteiger partial charge in [0.1, 0.15) is 11.9 Å². The van der Waals surface area contributed by atoms with Crippen LogP contribution in [0.5, 0.6) is 5.75 Å². The Balaban J connectivity index is 2.09. The summed E-state index contributed by atoms with van der Waals surface area (Å²) < 4.78 is 6.02. The first-order valence-electron chi connectivity index (χ1n) is 7.59. The highest BCUT2D eigenvalue weighted by Crippen LogP contribution is 2.22. The second-order valence-corrected chi connectivity index (χ2v) is 5.77. The molecule has 2 N–H and O–H groups in total. The normalized spacial score (nSPS) is 13.8. The number of nitrogens with two attached hydrogens (primary N) is 1. The zero-order valence-electron chi connectivity index (χ0n) is 13.4. The highest BCUT2D eigenvalue weighted by Gasteiger charge is 2.16. The number of aryl methyl sites for hydroxylation is 3. The molecule has 0 aliphatic rings. The fraction of sp³-hybridized carbons (Fsp3) is 0.368. The van der Waals surface area contributed by atoms with Crippen LogP contribution in [-0.4, -0.2) is 6.10 Å². The molecule has 0 bridgehead atoms. The molecule has 0 spiro atoms. The first kappa shape index (κ1) is 15.6.